The standard InChI is InChI=1S/C17H22N2O4/c1-17(2,3)23-16(22)18-7-6-15(21)19-13-5-4-11-9-14(20)10-12(11)8-13/h4-5,8H,6-7,9-10H2,1-3H3,(H,18,22)(H,19,21). The highest BCUT2D eigenvalue weighted by Crippen LogP contribution is 2.23. The Morgan fingerprint density at radius 3 is 2.57 bits per heavy atom. The molecule has 1 aromatic carbocycles. The van der Waals surface area contributed by atoms with Gasteiger partial charge in [0, 0.05) is 31.5 Å². The molecule has 6 nitrogen and oxygen atoms in total. The molecule has 124 valence electrons. The van der Waals surface area contributed by atoms with Gasteiger partial charge in [-0.15, -0.1) is 0 Å². The third-order valence-electron chi connectivity index (χ3n) is 3.29. The van der Waals surface area contributed by atoms with Crippen LogP contribution in [0.3, 0.4) is 0 Å². The highest BCUT2D eigenvalue weighted by Gasteiger charge is 2.19. The van der Waals surface area contributed by atoms with Crippen molar-refractivity contribution < 1.29 is 19.1 Å². The molecule has 0 aromatic heterocycles. The van der Waals surface area contributed by atoms with Gasteiger partial charge in [-0.25, -0.2) is 4.79 Å². The Hall–Kier alpha value is -2.37. The number of Topliss-reactive ketones (excluding diaryl/α,β-unsaturated/α-hetero) is 1. The third kappa shape index (κ3) is 5.39. The van der Waals surface area contributed by atoms with Gasteiger partial charge in [0.1, 0.15) is 11.4 Å². The Morgan fingerprint density at radius 2 is 1.87 bits per heavy atom. The third-order valence-corrected chi connectivity index (χ3v) is 3.29. The van der Waals surface area contributed by atoms with E-state index >= 15 is 0 Å². The summed E-state index contributed by atoms with van der Waals surface area (Å²) in [7, 11) is 0. The number of alkyl carbamates (subject to hydrolysis) is 1. The fourth-order valence-corrected chi connectivity index (χ4v) is 2.34. The topological polar surface area (TPSA) is 84.5 Å². The van der Waals surface area contributed by atoms with Crippen LogP contribution in [0.4, 0.5) is 10.5 Å². The van der Waals surface area contributed by atoms with Crippen LogP contribution in [0, 0.1) is 0 Å². The van der Waals surface area contributed by atoms with Crippen LogP contribution in [0.15, 0.2) is 18.2 Å². The Morgan fingerprint density at radius 1 is 1.17 bits per heavy atom. The van der Waals surface area contributed by atoms with Gasteiger partial charge in [0.2, 0.25) is 5.91 Å². The molecule has 0 unspecified atom stereocenters. The summed E-state index contributed by atoms with van der Waals surface area (Å²) >= 11 is 0. The molecule has 0 radical (unpaired) electrons. The average molecular weight is 318 g/mol. The number of nitrogens with one attached hydrogen (secondary N) is 2. The molecule has 0 fully saturated rings. The summed E-state index contributed by atoms with van der Waals surface area (Å²) in [5, 5.41) is 5.30. The minimum Gasteiger partial charge on any atom is -0.444 e. The Balaban J connectivity index is 1.76. The zero-order valence-corrected chi connectivity index (χ0v) is 13.7. The second-order valence-corrected chi connectivity index (χ2v) is 6.60. The molecule has 2 rings (SSSR count). The fraction of sp³-hybridized carbons (Fsp3) is 0.471. The van der Waals surface area contributed by atoms with E-state index in [0.717, 1.165) is 11.1 Å². The summed E-state index contributed by atoms with van der Waals surface area (Å²) in [6, 6.07) is 5.49. The van der Waals surface area contributed by atoms with Crippen LogP contribution < -0.4 is 10.6 Å². The van der Waals surface area contributed by atoms with Crippen molar-refractivity contribution in [1.29, 1.82) is 0 Å². The van der Waals surface area contributed by atoms with Gasteiger partial charge in [0.15, 0.2) is 0 Å². The Kier molecular flexibility index (Phi) is 5.03. The summed E-state index contributed by atoms with van der Waals surface area (Å²) < 4.78 is 5.08. The number of carbonyl (C=O) groups is 3. The SMILES string of the molecule is CC(C)(C)OC(=O)NCCC(=O)Nc1ccc2c(c1)CC(=O)C2. The lowest BCUT2D eigenvalue weighted by molar-refractivity contribution is -0.117. The predicted octanol–water partition coefficient (Wildman–Crippen LogP) is 2.21. The monoisotopic (exact) mass is 318 g/mol. The smallest absolute Gasteiger partial charge is 0.407 e. The number of ketones is 1. The van der Waals surface area contributed by atoms with Gasteiger partial charge in [-0.2, -0.15) is 0 Å². The molecule has 1 aliphatic rings. The molecule has 0 saturated heterocycles. The van der Waals surface area contributed by atoms with Crippen LogP contribution in [-0.2, 0) is 27.2 Å². The first-order valence-electron chi connectivity index (χ1n) is 7.63. The van der Waals surface area contributed by atoms with E-state index in [-0.39, 0.29) is 24.7 Å². The molecule has 1 aliphatic carbocycles. The molecule has 0 aliphatic heterocycles. The first kappa shape index (κ1) is 17.0. The number of anilines is 1. The van der Waals surface area contributed by atoms with Crippen molar-refractivity contribution in [1.82, 2.24) is 5.32 Å². The molecule has 0 atom stereocenters. The van der Waals surface area contributed by atoms with Gasteiger partial charge in [0.05, 0.1) is 0 Å². The van der Waals surface area contributed by atoms with Gasteiger partial charge >= 0.3 is 6.09 Å². The lowest BCUT2D eigenvalue weighted by atomic mass is 10.1. The van der Waals surface area contributed by atoms with Gasteiger partial charge in [-0.3, -0.25) is 9.59 Å². The number of amides is 2. The van der Waals surface area contributed by atoms with Gasteiger partial charge in [-0.1, -0.05) is 6.07 Å². The highest BCUT2D eigenvalue weighted by molar-refractivity contribution is 5.93. The minimum absolute atomic E-state index is 0.148. The summed E-state index contributed by atoms with van der Waals surface area (Å²) in [5.41, 5.74) is 2.11. The fourth-order valence-electron chi connectivity index (χ4n) is 2.34. The van der Waals surface area contributed by atoms with Crippen molar-refractivity contribution in [3.63, 3.8) is 0 Å². The van der Waals surface area contributed by atoms with E-state index in [2.05, 4.69) is 10.6 Å². The maximum absolute atomic E-state index is 11.9. The van der Waals surface area contributed by atoms with Crippen LogP contribution in [0.5, 0.6) is 0 Å². The zero-order valence-electron chi connectivity index (χ0n) is 13.7. The second-order valence-electron chi connectivity index (χ2n) is 6.60. The van der Waals surface area contributed by atoms with Crippen molar-refractivity contribution in [3.05, 3.63) is 29.3 Å². The average Bonchev–Trinajstić information content (AvgIpc) is 2.75. The number of rotatable bonds is 4. The molecular weight excluding hydrogens is 296 g/mol. The maximum atomic E-state index is 11.9. The van der Waals surface area contributed by atoms with E-state index in [9.17, 15) is 14.4 Å². The van der Waals surface area contributed by atoms with E-state index in [1.165, 1.54) is 0 Å². The Labute approximate surface area is 135 Å². The summed E-state index contributed by atoms with van der Waals surface area (Å²) in [6.07, 6.45) is 0.513. The van der Waals surface area contributed by atoms with E-state index < -0.39 is 11.7 Å². The first-order valence-corrected chi connectivity index (χ1v) is 7.63. The zero-order chi connectivity index (χ0) is 17.0. The molecule has 23 heavy (non-hydrogen) atoms. The van der Waals surface area contributed by atoms with Crippen LogP contribution >= 0.6 is 0 Å². The van der Waals surface area contributed by atoms with E-state index in [0.29, 0.717) is 18.5 Å². The number of benzene rings is 1. The molecule has 2 amide bonds. The van der Waals surface area contributed by atoms with E-state index in [4.69, 9.17) is 4.74 Å². The van der Waals surface area contributed by atoms with Crippen molar-refractivity contribution >= 4 is 23.5 Å². The predicted molar refractivity (Wildman–Crippen MR) is 86.3 cm³/mol. The summed E-state index contributed by atoms with van der Waals surface area (Å²) in [6.45, 7) is 5.53. The van der Waals surface area contributed by atoms with E-state index in [1.807, 2.05) is 12.1 Å². The number of hydrogen-bond donors (Lipinski definition) is 2. The largest absolute Gasteiger partial charge is 0.444 e. The van der Waals surface area contributed by atoms with Crippen LogP contribution in [0.25, 0.3) is 0 Å². The quantitative estimate of drug-likeness (QED) is 0.891. The van der Waals surface area contributed by atoms with Crippen LogP contribution in [0.2, 0.25) is 0 Å². The summed E-state index contributed by atoms with van der Waals surface area (Å²) in [4.78, 5) is 34.7. The molecule has 6 heteroatoms. The van der Waals surface area contributed by atoms with E-state index in [1.54, 1.807) is 26.8 Å². The summed E-state index contributed by atoms with van der Waals surface area (Å²) in [5.74, 6) is -0.00429. The van der Waals surface area contributed by atoms with Crippen LogP contribution in [0.1, 0.15) is 38.3 Å². The van der Waals surface area contributed by atoms with Crippen molar-refractivity contribution in [2.45, 2.75) is 45.6 Å². The van der Waals surface area contributed by atoms with Crippen molar-refractivity contribution in [2.75, 3.05) is 11.9 Å². The molecule has 2 N–H and O–H groups in total. The van der Waals surface area contributed by atoms with Crippen LogP contribution in [-0.4, -0.2) is 29.9 Å². The normalized spacial score (nSPS) is 13.4. The van der Waals surface area contributed by atoms with Gasteiger partial charge in [-0.05, 0) is 44.0 Å². The molecule has 0 bridgehead atoms. The minimum atomic E-state index is -0.561. The molecule has 0 spiro atoms. The molecule has 1 aromatic rings. The lowest BCUT2D eigenvalue weighted by Gasteiger charge is -2.19. The highest BCUT2D eigenvalue weighted by atomic mass is 16.6. The maximum Gasteiger partial charge on any atom is 0.407 e. The van der Waals surface area contributed by atoms with Gasteiger partial charge < -0.3 is 15.4 Å². The number of carbonyl (C=O) groups excluding carboxylic acids is 3. The van der Waals surface area contributed by atoms with Crippen molar-refractivity contribution in [3.8, 4) is 0 Å². The number of ether oxygens (including phenoxy) is 1. The Bertz CT molecular complexity index is 632. The molecular formula is C17H22N2O4. The molecule has 0 saturated carbocycles. The first-order chi connectivity index (χ1) is 10.7. The second kappa shape index (κ2) is 6.81. The van der Waals surface area contributed by atoms with Gasteiger partial charge in [0.25, 0.3) is 0 Å². The number of hydrogen-bond acceptors (Lipinski definition) is 4. The van der Waals surface area contributed by atoms with Crippen molar-refractivity contribution in [2.24, 2.45) is 0 Å². The number of fused-ring (bicyclic) bond motifs is 1. The molecule has 0 heterocycles. The lowest BCUT2D eigenvalue weighted by Crippen LogP contribution is -2.34.